The largest absolute Gasteiger partial charge is 0.388 e. The van der Waals surface area contributed by atoms with Crippen LogP contribution in [0.4, 0.5) is 0 Å². The molecule has 12 heavy (non-hydrogen) atoms. The number of nitrogens with zero attached hydrogens (tertiary/aromatic N) is 1. The average Bonchev–Trinajstić information content (AvgIpc) is 2.00. The third-order valence-electron chi connectivity index (χ3n) is 1.73. The molecule has 1 unspecified atom stereocenters. The molecule has 0 bridgehead atoms. The first-order valence-electron chi connectivity index (χ1n) is 4.10. The van der Waals surface area contributed by atoms with Gasteiger partial charge in [-0.05, 0) is 14.0 Å². The highest BCUT2D eigenvalue weighted by molar-refractivity contribution is 5.76. The van der Waals surface area contributed by atoms with Crippen LogP contribution >= 0.6 is 0 Å². The third-order valence-corrected chi connectivity index (χ3v) is 1.73. The Labute approximate surface area is 74.2 Å². The first-order valence-corrected chi connectivity index (χ1v) is 4.10. The molecular formula is C8H19N3O. The summed E-state index contributed by atoms with van der Waals surface area (Å²) in [5.74, 6) is 0.243. The Morgan fingerprint density at radius 1 is 1.67 bits per heavy atom. The highest BCUT2D eigenvalue weighted by Crippen LogP contribution is 1.93. The number of amidine groups is 1. The van der Waals surface area contributed by atoms with E-state index < -0.39 is 0 Å². The molecule has 72 valence electrons. The number of ether oxygens (including phenoxy) is 1. The number of likely N-dealkylation sites (N-methyl/N-ethyl adjacent to an activating group) is 1. The fraction of sp³-hybridized carbons (Fsp3) is 0.875. The lowest BCUT2D eigenvalue weighted by Crippen LogP contribution is -2.31. The lowest BCUT2D eigenvalue weighted by atomic mass is 10.3. The molecule has 0 rings (SSSR count). The van der Waals surface area contributed by atoms with Gasteiger partial charge >= 0.3 is 0 Å². The van der Waals surface area contributed by atoms with Gasteiger partial charge < -0.3 is 15.4 Å². The molecule has 1 atom stereocenters. The van der Waals surface area contributed by atoms with E-state index in [1.54, 1.807) is 7.11 Å². The molecular weight excluding hydrogens is 154 g/mol. The van der Waals surface area contributed by atoms with Crippen LogP contribution < -0.4 is 5.73 Å². The van der Waals surface area contributed by atoms with Gasteiger partial charge in [0.25, 0.3) is 0 Å². The zero-order valence-corrected chi connectivity index (χ0v) is 8.13. The average molecular weight is 173 g/mol. The zero-order chi connectivity index (χ0) is 9.56. The Hall–Kier alpha value is -0.610. The predicted molar refractivity (Wildman–Crippen MR) is 50.5 cm³/mol. The van der Waals surface area contributed by atoms with Crippen molar-refractivity contribution in [1.82, 2.24) is 4.90 Å². The Morgan fingerprint density at radius 3 is 2.67 bits per heavy atom. The van der Waals surface area contributed by atoms with E-state index in [2.05, 4.69) is 4.90 Å². The number of nitrogens with two attached hydrogens (primary N) is 1. The minimum atomic E-state index is 0.238. The monoisotopic (exact) mass is 173 g/mol. The van der Waals surface area contributed by atoms with Gasteiger partial charge in [0, 0.05) is 26.6 Å². The molecule has 0 aromatic heterocycles. The fourth-order valence-corrected chi connectivity index (χ4v) is 0.916. The summed E-state index contributed by atoms with van der Waals surface area (Å²) in [5.41, 5.74) is 5.23. The van der Waals surface area contributed by atoms with Gasteiger partial charge in [0.1, 0.15) is 0 Å². The van der Waals surface area contributed by atoms with Gasteiger partial charge in [-0.1, -0.05) is 0 Å². The maximum absolute atomic E-state index is 7.03. The Morgan fingerprint density at radius 2 is 2.25 bits per heavy atom. The van der Waals surface area contributed by atoms with Gasteiger partial charge in [-0.15, -0.1) is 0 Å². The van der Waals surface area contributed by atoms with Crippen LogP contribution in [0.15, 0.2) is 0 Å². The van der Waals surface area contributed by atoms with Gasteiger partial charge in [-0.3, -0.25) is 5.41 Å². The van der Waals surface area contributed by atoms with E-state index in [0.29, 0.717) is 6.42 Å². The number of nitrogens with one attached hydrogen (secondary N) is 1. The standard InChI is InChI=1S/C8H19N3O/c1-7(12-3)6-11(2)5-4-8(9)10/h7H,4-6H2,1-3H3,(H3,9,10). The van der Waals surface area contributed by atoms with Crippen LogP contribution in [-0.2, 0) is 4.74 Å². The second-order valence-corrected chi connectivity index (χ2v) is 3.08. The minimum absolute atomic E-state index is 0.238. The molecule has 0 spiro atoms. The number of rotatable bonds is 6. The molecule has 0 heterocycles. The summed E-state index contributed by atoms with van der Waals surface area (Å²) in [5, 5.41) is 7.03. The van der Waals surface area contributed by atoms with E-state index in [9.17, 15) is 0 Å². The topological polar surface area (TPSA) is 62.3 Å². The third kappa shape index (κ3) is 6.12. The molecule has 0 saturated carbocycles. The summed E-state index contributed by atoms with van der Waals surface area (Å²) in [6.45, 7) is 3.72. The van der Waals surface area contributed by atoms with Crippen LogP contribution in [0.3, 0.4) is 0 Å². The molecule has 4 nitrogen and oxygen atoms in total. The summed E-state index contributed by atoms with van der Waals surface area (Å²) >= 11 is 0. The number of hydrogen-bond acceptors (Lipinski definition) is 3. The van der Waals surface area contributed by atoms with E-state index in [0.717, 1.165) is 13.1 Å². The van der Waals surface area contributed by atoms with Crippen LogP contribution in [0.25, 0.3) is 0 Å². The van der Waals surface area contributed by atoms with Crippen molar-refractivity contribution in [2.75, 3.05) is 27.2 Å². The Bertz CT molecular complexity index is 138. The van der Waals surface area contributed by atoms with Crippen LogP contribution in [-0.4, -0.2) is 44.1 Å². The second kappa shape index (κ2) is 5.97. The van der Waals surface area contributed by atoms with E-state index in [1.165, 1.54) is 0 Å². The van der Waals surface area contributed by atoms with Crippen molar-refractivity contribution in [1.29, 1.82) is 5.41 Å². The first-order chi connectivity index (χ1) is 5.56. The summed E-state index contributed by atoms with van der Waals surface area (Å²) in [7, 11) is 3.70. The molecule has 0 aliphatic carbocycles. The van der Waals surface area contributed by atoms with E-state index in [-0.39, 0.29) is 11.9 Å². The van der Waals surface area contributed by atoms with Crippen molar-refractivity contribution >= 4 is 5.84 Å². The Balaban J connectivity index is 3.45. The quantitative estimate of drug-likeness (QED) is 0.448. The molecule has 0 amide bonds. The maximum atomic E-state index is 7.03. The van der Waals surface area contributed by atoms with Gasteiger partial charge in [-0.2, -0.15) is 0 Å². The van der Waals surface area contributed by atoms with Crippen LogP contribution in [0.1, 0.15) is 13.3 Å². The SMILES string of the molecule is COC(C)CN(C)CCC(=N)N. The van der Waals surface area contributed by atoms with Gasteiger partial charge in [0.2, 0.25) is 0 Å². The van der Waals surface area contributed by atoms with E-state index >= 15 is 0 Å². The number of methoxy groups -OCH3 is 1. The van der Waals surface area contributed by atoms with Crippen LogP contribution in [0.2, 0.25) is 0 Å². The summed E-state index contributed by atoms with van der Waals surface area (Å²) in [4.78, 5) is 2.11. The minimum Gasteiger partial charge on any atom is -0.388 e. The lowest BCUT2D eigenvalue weighted by Gasteiger charge is -2.19. The molecule has 3 N–H and O–H groups in total. The van der Waals surface area contributed by atoms with Crippen LogP contribution in [0.5, 0.6) is 0 Å². The van der Waals surface area contributed by atoms with Crippen molar-refractivity contribution in [2.24, 2.45) is 5.73 Å². The fourth-order valence-electron chi connectivity index (χ4n) is 0.916. The van der Waals surface area contributed by atoms with Crippen molar-refractivity contribution in [2.45, 2.75) is 19.4 Å². The highest BCUT2D eigenvalue weighted by atomic mass is 16.5. The second-order valence-electron chi connectivity index (χ2n) is 3.08. The van der Waals surface area contributed by atoms with Gasteiger partial charge in [0.05, 0.1) is 11.9 Å². The first kappa shape index (κ1) is 11.4. The molecule has 0 saturated heterocycles. The Kier molecular flexibility index (Phi) is 5.66. The number of hydrogen-bond donors (Lipinski definition) is 2. The van der Waals surface area contributed by atoms with E-state index in [1.807, 2.05) is 14.0 Å². The summed E-state index contributed by atoms with van der Waals surface area (Å²) in [6, 6.07) is 0. The van der Waals surface area contributed by atoms with Crippen molar-refractivity contribution < 1.29 is 4.74 Å². The van der Waals surface area contributed by atoms with Crippen molar-refractivity contribution in [3.8, 4) is 0 Å². The summed E-state index contributed by atoms with van der Waals surface area (Å²) < 4.78 is 5.10. The molecule has 0 aromatic carbocycles. The lowest BCUT2D eigenvalue weighted by molar-refractivity contribution is 0.0865. The summed E-state index contributed by atoms with van der Waals surface area (Å²) in [6.07, 6.45) is 0.870. The maximum Gasteiger partial charge on any atom is 0.0918 e. The predicted octanol–water partition coefficient (Wildman–Crippen LogP) is 0.279. The molecule has 4 heteroatoms. The van der Waals surface area contributed by atoms with E-state index in [4.69, 9.17) is 15.9 Å². The molecule has 0 radical (unpaired) electrons. The van der Waals surface area contributed by atoms with Crippen LogP contribution in [0, 0.1) is 5.41 Å². The van der Waals surface area contributed by atoms with Gasteiger partial charge in [-0.25, -0.2) is 0 Å². The molecule has 0 aliphatic rings. The van der Waals surface area contributed by atoms with Crippen molar-refractivity contribution in [3.63, 3.8) is 0 Å². The molecule has 0 fully saturated rings. The normalized spacial score (nSPS) is 13.3. The molecule has 0 aliphatic heterocycles. The smallest absolute Gasteiger partial charge is 0.0918 e. The van der Waals surface area contributed by atoms with Gasteiger partial charge in [0.15, 0.2) is 0 Å². The zero-order valence-electron chi connectivity index (χ0n) is 8.13. The van der Waals surface area contributed by atoms with Crippen molar-refractivity contribution in [3.05, 3.63) is 0 Å². The highest BCUT2D eigenvalue weighted by Gasteiger charge is 2.04. The molecule has 0 aromatic rings.